The van der Waals surface area contributed by atoms with Crippen molar-refractivity contribution in [3.63, 3.8) is 0 Å². The van der Waals surface area contributed by atoms with E-state index in [1.54, 1.807) is 6.92 Å². The van der Waals surface area contributed by atoms with E-state index in [1.165, 1.54) is 0 Å². The van der Waals surface area contributed by atoms with Gasteiger partial charge in [0.15, 0.2) is 0 Å². The molecule has 0 amide bonds. The number of benzene rings is 1. The Morgan fingerprint density at radius 1 is 1.38 bits per heavy atom. The van der Waals surface area contributed by atoms with Crippen molar-refractivity contribution in [1.29, 1.82) is 0 Å². The highest BCUT2D eigenvalue weighted by atomic mass is 16.4. The molecule has 0 fully saturated rings. The fourth-order valence-electron chi connectivity index (χ4n) is 1.42. The second kappa shape index (κ2) is 2.94. The first-order chi connectivity index (χ1) is 6.33. The van der Waals surface area contributed by atoms with Crippen LogP contribution in [0.25, 0.3) is 10.9 Å². The van der Waals surface area contributed by atoms with Crippen LogP contribution in [0.5, 0.6) is 0 Å². The zero-order valence-corrected chi connectivity index (χ0v) is 7.28. The molecule has 2 N–H and O–H groups in total. The van der Waals surface area contributed by atoms with Gasteiger partial charge in [0, 0.05) is 22.7 Å². The number of oxime groups is 1. The number of rotatable bonds is 1. The molecule has 0 aliphatic rings. The predicted molar refractivity (Wildman–Crippen MR) is 52.3 cm³/mol. The monoisotopic (exact) mass is 174 g/mol. The van der Waals surface area contributed by atoms with Crippen molar-refractivity contribution in [2.45, 2.75) is 6.92 Å². The van der Waals surface area contributed by atoms with E-state index >= 15 is 0 Å². The van der Waals surface area contributed by atoms with Crippen LogP contribution in [0, 0.1) is 0 Å². The lowest BCUT2D eigenvalue weighted by Gasteiger charge is -1.94. The fraction of sp³-hybridized carbons (Fsp3) is 0.100. The SMILES string of the molecule is C/C(=N\O)c1c[nH]c2ccccc12. The van der Waals surface area contributed by atoms with Crippen molar-refractivity contribution in [3.05, 3.63) is 36.0 Å². The third-order valence-electron chi connectivity index (χ3n) is 2.13. The normalized spacial score (nSPS) is 12.2. The van der Waals surface area contributed by atoms with Crippen LogP contribution in [0.2, 0.25) is 0 Å². The van der Waals surface area contributed by atoms with Gasteiger partial charge in [-0.3, -0.25) is 0 Å². The molecular weight excluding hydrogens is 164 g/mol. The van der Waals surface area contributed by atoms with Crippen LogP contribution in [-0.4, -0.2) is 15.9 Å². The minimum atomic E-state index is 0.623. The molecule has 2 rings (SSSR count). The average molecular weight is 174 g/mol. The van der Waals surface area contributed by atoms with Crippen LogP contribution in [0.3, 0.4) is 0 Å². The van der Waals surface area contributed by atoms with Gasteiger partial charge in [-0.05, 0) is 13.0 Å². The molecule has 0 bridgehead atoms. The molecule has 2 aromatic rings. The highest BCUT2D eigenvalue weighted by Crippen LogP contribution is 2.17. The lowest BCUT2D eigenvalue weighted by molar-refractivity contribution is 0.319. The maximum atomic E-state index is 8.64. The second-order valence-corrected chi connectivity index (χ2v) is 2.93. The third kappa shape index (κ3) is 1.18. The van der Waals surface area contributed by atoms with E-state index < -0.39 is 0 Å². The van der Waals surface area contributed by atoms with Gasteiger partial charge in [-0.1, -0.05) is 23.4 Å². The van der Waals surface area contributed by atoms with E-state index in [0.717, 1.165) is 16.5 Å². The van der Waals surface area contributed by atoms with Gasteiger partial charge in [0.1, 0.15) is 0 Å². The first kappa shape index (κ1) is 7.86. The second-order valence-electron chi connectivity index (χ2n) is 2.93. The number of aromatic amines is 1. The molecule has 13 heavy (non-hydrogen) atoms. The predicted octanol–water partition coefficient (Wildman–Crippen LogP) is 2.37. The van der Waals surface area contributed by atoms with E-state index in [4.69, 9.17) is 5.21 Å². The summed E-state index contributed by atoms with van der Waals surface area (Å²) in [6, 6.07) is 7.91. The summed E-state index contributed by atoms with van der Waals surface area (Å²) < 4.78 is 0. The molecule has 0 unspecified atom stereocenters. The van der Waals surface area contributed by atoms with Crippen molar-refractivity contribution in [2.75, 3.05) is 0 Å². The number of nitrogens with one attached hydrogen (secondary N) is 1. The third-order valence-corrected chi connectivity index (χ3v) is 2.13. The van der Waals surface area contributed by atoms with E-state index in [0.29, 0.717) is 5.71 Å². The van der Waals surface area contributed by atoms with Gasteiger partial charge in [-0.25, -0.2) is 0 Å². The standard InChI is InChI=1S/C10H10N2O/c1-7(12-13)9-6-11-10-5-3-2-4-8(9)10/h2-6,11,13H,1H3/b12-7+. The molecule has 0 aliphatic carbocycles. The Labute approximate surface area is 75.7 Å². The topological polar surface area (TPSA) is 48.4 Å². The van der Waals surface area contributed by atoms with E-state index in [9.17, 15) is 0 Å². The summed E-state index contributed by atoms with van der Waals surface area (Å²) in [5.41, 5.74) is 2.62. The van der Waals surface area contributed by atoms with E-state index in [1.807, 2.05) is 30.5 Å². The van der Waals surface area contributed by atoms with E-state index in [-0.39, 0.29) is 0 Å². The summed E-state index contributed by atoms with van der Waals surface area (Å²) in [7, 11) is 0. The van der Waals surface area contributed by atoms with Crippen LogP contribution in [-0.2, 0) is 0 Å². The van der Waals surface area contributed by atoms with Crippen molar-refractivity contribution in [1.82, 2.24) is 4.98 Å². The summed E-state index contributed by atoms with van der Waals surface area (Å²) >= 11 is 0. The van der Waals surface area contributed by atoms with Gasteiger partial charge in [0.05, 0.1) is 5.71 Å². The molecular formula is C10H10N2O. The van der Waals surface area contributed by atoms with Crippen molar-refractivity contribution in [3.8, 4) is 0 Å². The molecule has 0 saturated carbocycles. The van der Waals surface area contributed by atoms with Gasteiger partial charge in [0.2, 0.25) is 0 Å². The molecule has 66 valence electrons. The quantitative estimate of drug-likeness (QED) is 0.389. The smallest absolute Gasteiger partial charge is 0.0858 e. The summed E-state index contributed by atoms with van der Waals surface area (Å²) in [6.07, 6.45) is 1.85. The Kier molecular flexibility index (Phi) is 1.77. The Balaban J connectivity index is 2.71. The van der Waals surface area contributed by atoms with Gasteiger partial charge >= 0.3 is 0 Å². The number of aromatic nitrogens is 1. The highest BCUT2D eigenvalue weighted by Gasteiger charge is 2.04. The minimum Gasteiger partial charge on any atom is -0.411 e. The maximum Gasteiger partial charge on any atom is 0.0858 e. The van der Waals surface area contributed by atoms with Crippen LogP contribution < -0.4 is 0 Å². The van der Waals surface area contributed by atoms with Crippen LogP contribution in [0.4, 0.5) is 0 Å². The molecule has 0 atom stereocenters. The first-order valence-electron chi connectivity index (χ1n) is 4.08. The van der Waals surface area contributed by atoms with Gasteiger partial charge in [0.25, 0.3) is 0 Å². The first-order valence-corrected chi connectivity index (χ1v) is 4.08. The van der Waals surface area contributed by atoms with Gasteiger partial charge < -0.3 is 10.2 Å². The molecule has 3 nitrogen and oxygen atoms in total. The van der Waals surface area contributed by atoms with Gasteiger partial charge in [-0.2, -0.15) is 0 Å². The summed E-state index contributed by atoms with van der Waals surface area (Å²) in [5, 5.41) is 12.9. The lowest BCUT2D eigenvalue weighted by atomic mass is 10.1. The molecule has 0 spiro atoms. The molecule has 0 radical (unpaired) electrons. The molecule has 3 heteroatoms. The van der Waals surface area contributed by atoms with Gasteiger partial charge in [-0.15, -0.1) is 0 Å². The van der Waals surface area contributed by atoms with Crippen molar-refractivity contribution < 1.29 is 5.21 Å². The lowest BCUT2D eigenvalue weighted by Crippen LogP contribution is -1.91. The summed E-state index contributed by atoms with van der Waals surface area (Å²) in [4.78, 5) is 3.11. The Bertz CT molecular complexity index is 457. The summed E-state index contributed by atoms with van der Waals surface area (Å²) in [5.74, 6) is 0. The molecule has 1 heterocycles. The molecule has 0 aliphatic heterocycles. The van der Waals surface area contributed by atoms with Crippen molar-refractivity contribution in [2.24, 2.45) is 5.16 Å². The van der Waals surface area contributed by atoms with Crippen LogP contribution in [0.15, 0.2) is 35.6 Å². The Morgan fingerprint density at radius 2 is 2.15 bits per heavy atom. The molecule has 1 aromatic carbocycles. The summed E-state index contributed by atoms with van der Waals surface area (Å²) in [6.45, 7) is 1.77. The zero-order chi connectivity index (χ0) is 9.26. The van der Waals surface area contributed by atoms with E-state index in [2.05, 4.69) is 10.1 Å². The van der Waals surface area contributed by atoms with Crippen LogP contribution in [0.1, 0.15) is 12.5 Å². The average Bonchev–Trinajstić information content (AvgIpc) is 2.60. The van der Waals surface area contributed by atoms with Crippen LogP contribution >= 0.6 is 0 Å². The fourth-order valence-corrected chi connectivity index (χ4v) is 1.42. The number of hydrogen-bond donors (Lipinski definition) is 2. The number of hydrogen-bond acceptors (Lipinski definition) is 2. The van der Waals surface area contributed by atoms with Crippen molar-refractivity contribution >= 4 is 16.6 Å². The zero-order valence-electron chi connectivity index (χ0n) is 7.28. The molecule has 1 aromatic heterocycles. The number of nitrogens with zero attached hydrogens (tertiary/aromatic N) is 1. The molecule has 0 saturated heterocycles. The highest BCUT2D eigenvalue weighted by molar-refractivity contribution is 6.09. The minimum absolute atomic E-state index is 0.623. The number of H-pyrrole nitrogens is 1. The number of para-hydroxylation sites is 1. The Hall–Kier alpha value is -1.77. The maximum absolute atomic E-state index is 8.64. The number of fused-ring (bicyclic) bond motifs is 1. The largest absolute Gasteiger partial charge is 0.411 e. The Morgan fingerprint density at radius 3 is 2.92 bits per heavy atom.